The molecule has 0 amide bonds. The Bertz CT molecular complexity index is 316. The number of carbonyl (C=O) groups excluding carboxylic acids is 1. The van der Waals surface area contributed by atoms with E-state index in [0.29, 0.717) is 24.3 Å². The molecule has 0 radical (unpaired) electrons. The number of Topliss-reactive ketones (excluding diaryl/α,β-unsaturated/α-hetero) is 1. The fraction of sp³-hybridized carbons (Fsp3) is 0.941. The van der Waals surface area contributed by atoms with Crippen LogP contribution in [0.4, 0.5) is 0 Å². The van der Waals surface area contributed by atoms with Gasteiger partial charge in [0.15, 0.2) is 0 Å². The molecule has 0 aromatic rings. The van der Waals surface area contributed by atoms with Crippen molar-refractivity contribution in [2.75, 3.05) is 19.7 Å². The average molecular weight is 281 g/mol. The lowest BCUT2D eigenvalue weighted by Crippen LogP contribution is -2.40. The van der Waals surface area contributed by atoms with Crippen molar-refractivity contribution in [3.05, 3.63) is 0 Å². The van der Waals surface area contributed by atoms with Crippen molar-refractivity contribution in [3.63, 3.8) is 0 Å². The number of aliphatic hydroxyl groups excluding tert-OH is 1. The monoisotopic (exact) mass is 281 g/mol. The van der Waals surface area contributed by atoms with E-state index in [1.807, 2.05) is 0 Å². The number of likely N-dealkylation sites (tertiary alicyclic amines) is 1. The fourth-order valence-corrected chi connectivity index (χ4v) is 4.00. The largest absolute Gasteiger partial charge is 0.396 e. The van der Waals surface area contributed by atoms with E-state index in [4.69, 9.17) is 5.11 Å². The maximum Gasteiger partial charge on any atom is 0.137 e. The molecule has 0 spiro atoms. The van der Waals surface area contributed by atoms with Crippen LogP contribution in [-0.4, -0.2) is 41.5 Å². The van der Waals surface area contributed by atoms with E-state index in [-0.39, 0.29) is 5.92 Å². The number of nitrogens with zero attached hydrogens (tertiary/aromatic N) is 1. The summed E-state index contributed by atoms with van der Waals surface area (Å²) in [4.78, 5) is 14.7. The van der Waals surface area contributed by atoms with E-state index >= 15 is 0 Å². The van der Waals surface area contributed by atoms with E-state index in [9.17, 15) is 4.79 Å². The highest BCUT2D eigenvalue weighted by atomic mass is 16.2. The molecule has 2 fully saturated rings. The first kappa shape index (κ1) is 16.0. The van der Waals surface area contributed by atoms with Crippen LogP contribution in [0.15, 0.2) is 0 Å². The van der Waals surface area contributed by atoms with Crippen LogP contribution >= 0.6 is 0 Å². The molecule has 0 aromatic heterocycles. The normalized spacial score (nSPS) is 32.2. The molecule has 1 aliphatic heterocycles. The molecule has 3 heteroatoms. The van der Waals surface area contributed by atoms with Crippen molar-refractivity contribution >= 4 is 5.78 Å². The second-order valence-electron chi connectivity index (χ2n) is 7.10. The van der Waals surface area contributed by atoms with Gasteiger partial charge in [-0.3, -0.25) is 9.69 Å². The zero-order valence-electron chi connectivity index (χ0n) is 13.2. The second-order valence-corrected chi connectivity index (χ2v) is 7.10. The maximum atomic E-state index is 12.2. The van der Waals surface area contributed by atoms with Crippen molar-refractivity contribution in [2.45, 2.75) is 64.8 Å². The van der Waals surface area contributed by atoms with Crippen LogP contribution in [0.25, 0.3) is 0 Å². The third-order valence-corrected chi connectivity index (χ3v) is 5.40. The van der Waals surface area contributed by atoms with Crippen molar-refractivity contribution in [3.8, 4) is 0 Å². The highest BCUT2D eigenvalue weighted by molar-refractivity contribution is 5.82. The summed E-state index contributed by atoms with van der Waals surface area (Å²) >= 11 is 0. The average Bonchev–Trinajstić information content (AvgIpc) is 2.86. The van der Waals surface area contributed by atoms with Gasteiger partial charge >= 0.3 is 0 Å². The lowest BCUT2D eigenvalue weighted by Gasteiger charge is -2.34. The molecule has 3 atom stereocenters. The topological polar surface area (TPSA) is 40.5 Å². The SMILES string of the molecule is CC(C)C1CCC(=O)C(CN2CCCC2CCCO)C1. The Morgan fingerprint density at radius 1 is 1.35 bits per heavy atom. The molecule has 1 aliphatic carbocycles. The molecule has 1 heterocycles. The van der Waals surface area contributed by atoms with Gasteiger partial charge in [-0.1, -0.05) is 13.8 Å². The van der Waals surface area contributed by atoms with Crippen LogP contribution in [-0.2, 0) is 4.79 Å². The number of ketones is 1. The Hall–Kier alpha value is -0.410. The van der Waals surface area contributed by atoms with Gasteiger partial charge < -0.3 is 5.11 Å². The van der Waals surface area contributed by atoms with E-state index < -0.39 is 0 Å². The highest BCUT2D eigenvalue weighted by Gasteiger charge is 2.34. The zero-order valence-corrected chi connectivity index (χ0v) is 13.2. The number of hydrogen-bond acceptors (Lipinski definition) is 3. The molecule has 1 N–H and O–H groups in total. The van der Waals surface area contributed by atoms with E-state index in [1.54, 1.807) is 0 Å². The lowest BCUT2D eigenvalue weighted by molar-refractivity contribution is -0.126. The van der Waals surface area contributed by atoms with Gasteiger partial charge in [0, 0.05) is 31.5 Å². The van der Waals surface area contributed by atoms with Gasteiger partial charge in [-0.25, -0.2) is 0 Å². The predicted octanol–water partition coefficient (Wildman–Crippen LogP) is 2.86. The van der Waals surface area contributed by atoms with Crippen LogP contribution in [0, 0.1) is 17.8 Å². The summed E-state index contributed by atoms with van der Waals surface area (Å²) in [5, 5.41) is 9.00. The number of carbonyl (C=O) groups is 1. The lowest BCUT2D eigenvalue weighted by atomic mass is 9.75. The van der Waals surface area contributed by atoms with Crippen molar-refractivity contribution in [1.29, 1.82) is 0 Å². The Morgan fingerprint density at radius 3 is 2.85 bits per heavy atom. The van der Waals surface area contributed by atoms with Crippen LogP contribution < -0.4 is 0 Å². The van der Waals surface area contributed by atoms with Crippen LogP contribution in [0.2, 0.25) is 0 Å². The van der Waals surface area contributed by atoms with Crippen molar-refractivity contribution < 1.29 is 9.90 Å². The minimum Gasteiger partial charge on any atom is -0.396 e. The summed E-state index contributed by atoms with van der Waals surface area (Å²) in [5.41, 5.74) is 0. The first-order valence-corrected chi connectivity index (χ1v) is 8.49. The third kappa shape index (κ3) is 4.05. The molecule has 2 rings (SSSR count). The smallest absolute Gasteiger partial charge is 0.137 e. The summed E-state index contributed by atoms with van der Waals surface area (Å²) < 4.78 is 0. The Kier molecular flexibility index (Phi) is 6.03. The summed E-state index contributed by atoms with van der Waals surface area (Å²) in [6, 6.07) is 0.606. The summed E-state index contributed by atoms with van der Waals surface area (Å²) in [5.74, 6) is 2.20. The zero-order chi connectivity index (χ0) is 14.5. The molecular weight excluding hydrogens is 250 g/mol. The highest BCUT2D eigenvalue weighted by Crippen LogP contribution is 2.33. The quantitative estimate of drug-likeness (QED) is 0.814. The van der Waals surface area contributed by atoms with Gasteiger partial charge in [-0.15, -0.1) is 0 Å². The van der Waals surface area contributed by atoms with Crippen molar-refractivity contribution in [2.24, 2.45) is 17.8 Å². The predicted molar refractivity (Wildman–Crippen MR) is 81.6 cm³/mol. The number of rotatable bonds is 6. The number of hydrogen-bond donors (Lipinski definition) is 1. The summed E-state index contributed by atoms with van der Waals surface area (Å²) in [6.07, 6.45) is 7.47. The van der Waals surface area contributed by atoms with Crippen LogP contribution in [0.1, 0.15) is 58.8 Å². The van der Waals surface area contributed by atoms with Crippen LogP contribution in [0.5, 0.6) is 0 Å². The second kappa shape index (κ2) is 7.56. The van der Waals surface area contributed by atoms with Crippen molar-refractivity contribution in [1.82, 2.24) is 4.90 Å². The molecule has 2 aliphatic rings. The molecular formula is C17H31NO2. The fourth-order valence-electron chi connectivity index (χ4n) is 4.00. The van der Waals surface area contributed by atoms with E-state index in [0.717, 1.165) is 51.1 Å². The van der Waals surface area contributed by atoms with Gasteiger partial charge in [0.2, 0.25) is 0 Å². The first-order valence-electron chi connectivity index (χ1n) is 8.49. The minimum absolute atomic E-state index is 0.269. The molecule has 116 valence electrons. The van der Waals surface area contributed by atoms with Gasteiger partial charge in [0.1, 0.15) is 5.78 Å². The molecule has 1 saturated heterocycles. The third-order valence-electron chi connectivity index (χ3n) is 5.40. The van der Waals surface area contributed by atoms with E-state index in [2.05, 4.69) is 18.7 Å². The molecule has 1 saturated carbocycles. The summed E-state index contributed by atoms with van der Waals surface area (Å²) in [7, 11) is 0. The van der Waals surface area contributed by atoms with Crippen LogP contribution in [0.3, 0.4) is 0 Å². The first-order chi connectivity index (χ1) is 9.61. The molecule has 3 unspecified atom stereocenters. The van der Waals surface area contributed by atoms with Gasteiger partial charge in [-0.2, -0.15) is 0 Å². The molecule has 20 heavy (non-hydrogen) atoms. The van der Waals surface area contributed by atoms with Gasteiger partial charge in [0.25, 0.3) is 0 Å². The Balaban J connectivity index is 1.88. The van der Waals surface area contributed by atoms with Gasteiger partial charge in [-0.05, 0) is 56.9 Å². The Labute approximate surface area is 123 Å². The minimum atomic E-state index is 0.269. The molecule has 0 bridgehead atoms. The maximum absolute atomic E-state index is 12.2. The Morgan fingerprint density at radius 2 is 2.15 bits per heavy atom. The molecule has 3 nitrogen and oxygen atoms in total. The number of aliphatic hydroxyl groups is 1. The standard InChI is InChI=1S/C17H31NO2/c1-13(2)14-7-8-17(20)15(11-14)12-18-9-3-5-16(18)6-4-10-19/h13-16,19H,3-12H2,1-2H3. The van der Waals surface area contributed by atoms with Gasteiger partial charge in [0.05, 0.1) is 0 Å². The molecule has 0 aromatic carbocycles. The summed E-state index contributed by atoms with van der Waals surface area (Å²) in [6.45, 7) is 6.99. The van der Waals surface area contributed by atoms with E-state index in [1.165, 1.54) is 12.8 Å².